The smallest absolute Gasteiger partial charge is 0.150 e. The molecule has 2 nitrogen and oxygen atoms in total. The van der Waals surface area contributed by atoms with Gasteiger partial charge in [0.2, 0.25) is 0 Å². The van der Waals surface area contributed by atoms with E-state index in [0.29, 0.717) is 0 Å². The summed E-state index contributed by atoms with van der Waals surface area (Å²) in [5.74, 6) is -0.492. The van der Waals surface area contributed by atoms with Crippen molar-refractivity contribution in [2.45, 2.75) is 0 Å². The van der Waals surface area contributed by atoms with Gasteiger partial charge in [-0.1, -0.05) is 12.1 Å². The lowest BCUT2D eigenvalue weighted by Gasteiger charge is -1.96. The number of halogens is 1. The van der Waals surface area contributed by atoms with Crippen LogP contribution in [0.2, 0.25) is 0 Å². The van der Waals surface area contributed by atoms with E-state index in [-0.39, 0.29) is 5.69 Å². The van der Waals surface area contributed by atoms with Crippen LogP contribution in [0.3, 0.4) is 0 Å². The van der Waals surface area contributed by atoms with Crippen LogP contribution in [0.25, 0.3) is 0 Å². The molecule has 1 radical (unpaired) electrons. The van der Waals surface area contributed by atoms with Gasteiger partial charge in [-0.3, -0.25) is 0 Å². The molecule has 0 fully saturated rings. The first-order valence-electron chi connectivity index (χ1n) is 3.32. The summed E-state index contributed by atoms with van der Waals surface area (Å²) in [6, 6.07) is 6.89. The Balaban J connectivity index is 3.23. The van der Waals surface area contributed by atoms with Crippen molar-refractivity contribution in [1.29, 1.82) is 0 Å². The van der Waals surface area contributed by atoms with Crippen molar-refractivity contribution in [3.8, 4) is 0 Å². The van der Waals surface area contributed by atoms with E-state index in [1.165, 1.54) is 30.7 Å². The lowest BCUT2D eigenvalue weighted by molar-refractivity contribution is 0.629. The van der Waals surface area contributed by atoms with Crippen molar-refractivity contribution in [2.24, 2.45) is 4.36 Å². The second kappa shape index (κ2) is 3.23. The van der Waals surface area contributed by atoms with Gasteiger partial charge in [-0.25, -0.2) is 8.60 Å². The van der Waals surface area contributed by atoms with Crippen molar-refractivity contribution in [2.75, 3.05) is 12.5 Å². The van der Waals surface area contributed by atoms with Crippen LogP contribution in [0.15, 0.2) is 22.6 Å². The van der Waals surface area contributed by atoms with Crippen LogP contribution < -0.4 is 0 Å². The minimum Gasteiger partial charge on any atom is -0.250 e. The molecule has 1 aromatic carbocycles. The van der Waals surface area contributed by atoms with Crippen molar-refractivity contribution in [3.05, 3.63) is 30.1 Å². The first kappa shape index (κ1) is 9.19. The van der Waals surface area contributed by atoms with E-state index in [1.807, 2.05) is 0 Å². The molecule has 1 aromatic rings. The summed E-state index contributed by atoms with van der Waals surface area (Å²) in [5, 5.41) is 0. The van der Waals surface area contributed by atoms with Gasteiger partial charge in [-0.2, -0.15) is 4.36 Å². The van der Waals surface area contributed by atoms with Gasteiger partial charge in [0.15, 0.2) is 0 Å². The predicted molar refractivity (Wildman–Crippen MR) is 47.3 cm³/mol. The van der Waals surface area contributed by atoms with Gasteiger partial charge in [0.25, 0.3) is 0 Å². The summed E-state index contributed by atoms with van der Waals surface area (Å²) < 4.78 is 27.7. The number of hydrogen-bond acceptors (Lipinski definition) is 2. The van der Waals surface area contributed by atoms with Crippen LogP contribution >= 0.6 is 0 Å². The minimum absolute atomic E-state index is 0.0347. The largest absolute Gasteiger partial charge is 0.250 e. The Morgan fingerprint density at radius 3 is 2.75 bits per heavy atom. The molecular weight excluding hydrogens is 177 g/mol. The Labute approximate surface area is 71.6 Å². The molecule has 0 bridgehead atoms. The average Bonchev–Trinajstić information content (AvgIpc) is 1.91. The first-order chi connectivity index (χ1) is 5.49. The van der Waals surface area contributed by atoms with Gasteiger partial charge < -0.3 is 0 Å². The molecule has 0 unspecified atom stereocenters. The summed E-state index contributed by atoms with van der Waals surface area (Å²) in [7, 11) is -2.30. The molecule has 0 saturated carbocycles. The van der Waals surface area contributed by atoms with E-state index in [9.17, 15) is 8.60 Å². The first-order valence-corrected chi connectivity index (χ1v) is 5.65. The number of nitrogens with zero attached hydrogens (tertiary/aromatic N) is 1. The SMILES string of the molecule is CS(C)(=O)=Nc1[c]cccc1F. The molecule has 0 aliphatic heterocycles. The quantitative estimate of drug-likeness (QED) is 0.659. The highest BCUT2D eigenvalue weighted by molar-refractivity contribution is 7.92. The maximum Gasteiger partial charge on any atom is 0.150 e. The van der Waals surface area contributed by atoms with Crippen molar-refractivity contribution in [3.63, 3.8) is 0 Å². The van der Waals surface area contributed by atoms with E-state index in [1.54, 1.807) is 0 Å². The van der Waals surface area contributed by atoms with Crippen LogP contribution in [0.4, 0.5) is 10.1 Å². The summed E-state index contributed by atoms with van der Waals surface area (Å²) >= 11 is 0. The molecule has 0 N–H and O–H groups in total. The number of hydrogen-bond donors (Lipinski definition) is 0. The second-order valence-electron chi connectivity index (χ2n) is 2.64. The van der Waals surface area contributed by atoms with Crippen LogP contribution in [-0.4, -0.2) is 16.7 Å². The molecule has 4 heteroatoms. The van der Waals surface area contributed by atoms with Crippen LogP contribution in [-0.2, 0) is 9.73 Å². The maximum absolute atomic E-state index is 12.9. The summed E-state index contributed by atoms with van der Waals surface area (Å²) in [5.41, 5.74) is 0.0347. The molecule has 0 aliphatic carbocycles. The zero-order valence-corrected chi connectivity index (χ0v) is 7.69. The third-order valence-electron chi connectivity index (χ3n) is 1.10. The monoisotopic (exact) mass is 186 g/mol. The maximum atomic E-state index is 12.9. The van der Waals surface area contributed by atoms with Crippen LogP contribution in [0.1, 0.15) is 0 Å². The molecule has 0 heterocycles. The molecule has 0 atom stereocenters. The Morgan fingerprint density at radius 1 is 1.58 bits per heavy atom. The van der Waals surface area contributed by atoms with E-state index in [0.717, 1.165) is 0 Å². The molecule has 0 amide bonds. The number of rotatable bonds is 1. The predicted octanol–water partition coefficient (Wildman–Crippen LogP) is 1.98. The topological polar surface area (TPSA) is 29.4 Å². The molecular formula is C8H9FNOS. The van der Waals surface area contributed by atoms with Gasteiger partial charge in [-0.05, 0) is 6.07 Å². The molecule has 0 saturated heterocycles. The fourth-order valence-electron chi connectivity index (χ4n) is 0.697. The lowest BCUT2D eigenvalue weighted by Crippen LogP contribution is -1.89. The fraction of sp³-hybridized carbons (Fsp3) is 0.250. The summed E-state index contributed by atoms with van der Waals surface area (Å²) in [4.78, 5) is 0. The molecule has 0 aliphatic rings. The molecule has 0 aromatic heterocycles. The second-order valence-corrected chi connectivity index (χ2v) is 5.18. The van der Waals surface area contributed by atoms with Crippen LogP contribution in [0, 0.1) is 11.9 Å². The Kier molecular flexibility index (Phi) is 2.47. The van der Waals surface area contributed by atoms with Gasteiger partial charge in [0.1, 0.15) is 11.5 Å². The van der Waals surface area contributed by atoms with Crippen molar-refractivity contribution in [1.82, 2.24) is 0 Å². The number of benzene rings is 1. The third kappa shape index (κ3) is 2.62. The van der Waals surface area contributed by atoms with E-state index < -0.39 is 15.5 Å². The molecule has 1 rings (SSSR count). The van der Waals surface area contributed by atoms with Crippen molar-refractivity contribution >= 4 is 15.4 Å². The minimum atomic E-state index is -2.30. The highest BCUT2D eigenvalue weighted by atomic mass is 32.2. The molecule has 12 heavy (non-hydrogen) atoms. The zero-order chi connectivity index (χ0) is 9.19. The normalized spacial score (nSPS) is 11.2. The summed E-state index contributed by atoms with van der Waals surface area (Å²) in [6.07, 6.45) is 2.90. The highest BCUT2D eigenvalue weighted by Crippen LogP contribution is 2.16. The van der Waals surface area contributed by atoms with Gasteiger partial charge in [-0.15, -0.1) is 0 Å². The third-order valence-corrected chi connectivity index (χ3v) is 1.72. The van der Waals surface area contributed by atoms with Gasteiger partial charge in [0.05, 0.1) is 0 Å². The Morgan fingerprint density at radius 2 is 2.25 bits per heavy atom. The van der Waals surface area contributed by atoms with E-state index in [4.69, 9.17) is 0 Å². The van der Waals surface area contributed by atoms with Crippen molar-refractivity contribution < 1.29 is 8.60 Å². The Bertz CT molecular complexity index is 386. The van der Waals surface area contributed by atoms with E-state index in [2.05, 4.69) is 10.4 Å². The molecule has 65 valence electrons. The van der Waals surface area contributed by atoms with Gasteiger partial charge in [0, 0.05) is 28.3 Å². The summed E-state index contributed by atoms with van der Waals surface area (Å²) in [6.45, 7) is 0. The fourth-order valence-corrected chi connectivity index (χ4v) is 1.28. The highest BCUT2D eigenvalue weighted by Gasteiger charge is 1.99. The zero-order valence-electron chi connectivity index (χ0n) is 6.87. The molecule has 0 spiro atoms. The standard InChI is InChI=1S/C8H9FNOS/c1-12(2,11)10-8-6-4-3-5-7(8)9/h3-5H,1-2H3. The Hall–Kier alpha value is -0.900. The average molecular weight is 186 g/mol. The lowest BCUT2D eigenvalue weighted by atomic mass is 10.3. The van der Waals surface area contributed by atoms with Crippen LogP contribution in [0.5, 0.6) is 0 Å². The van der Waals surface area contributed by atoms with E-state index >= 15 is 0 Å². The van der Waals surface area contributed by atoms with Gasteiger partial charge >= 0.3 is 0 Å².